The lowest BCUT2D eigenvalue weighted by molar-refractivity contribution is -0.0266. The fourth-order valence-electron chi connectivity index (χ4n) is 2.60. The van der Waals surface area contributed by atoms with Crippen LogP contribution in [0.3, 0.4) is 0 Å². The number of hydrogen-bond acceptors (Lipinski definition) is 4. The first-order valence-electron chi connectivity index (χ1n) is 7.14. The highest BCUT2D eigenvalue weighted by molar-refractivity contribution is 6.34. The third-order valence-corrected chi connectivity index (χ3v) is 4.16. The van der Waals surface area contributed by atoms with Gasteiger partial charge in [-0.3, -0.25) is 9.69 Å². The lowest BCUT2D eigenvalue weighted by Crippen LogP contribution is -2.48. The van der Waals surface area contributed by atoms with Crippen molar-refractivity contribution in [2.24, 2.45) is 0 Å². The number of rotatable bonds is 3. The molecule has 0 N–H and O–H groups in total. The minimum absolute atomic E-state index is 0.118. The van der Waals surface area contributed by atoms with Gasteiger partial charge in [0, 0.05) is 24.5 Å². The number of benzene rings is 1. The molecule has 0 aliphatic carbocycles. The van der Waals surface area contributed by atoms with Crippen LogP contribution in [0.2, 0.25) is 5.02 Å². The number of nitrogens with zero attached hydrogens (tertiary/aromatic N) is 1. The summed E-state index contributed by atoms with van der Waals surface area (Å²) in [6, 6.07) is 7.60. The Morgan fingerprint density at radius 1 is 1.43 bits per heavy atom. The first-order valence-corrected chi connectivity index (χ1v) is 7.52. The molecule has 1 aliphatic heterocycles. The highest BCUT2D eigenvalue weighted by Gasteiger charge is 2.30. The monoisotopic (exact) mass is 307 g/mol. The van der Waals surface area contributed by atoms with Gasteiger partial charge in [0.1, 0.15) is 6.10 Å². The van der Waals surface area contributed by atoms with Gasteiger partial charge in [0.25, 0.3) is 0 Å². The van der Waals surface area contributed by atoms with Gasteiger partial charge < -0.3 is 9.15 Å². The quantitative estimate of drug-likeness (QED) is 0.815. The maximum atomic E-state index is 12.6. The average molecular weight is 308 g/mol. The molecule has 4 nitrogen and oxygen atoms in total. The van der Waals surface area contributed by atoms with Gasteiger partial charge >= 0.3 is 0 Å². The molecule has 0 bridgehead atoms. The Balaban J connectivity index is 1.84. The normalized spacial score (nSPS) is 20.3. The van der Waals surface area contributed by atoms with Gasteiger partial charge in [-0.25, -0.2) is 0 Å². The Hall–Kier alpha value is -1.36. The van der Waals surface area contributed by atoms with E-state index in [-0.39, 0.29) is 5.78 Å². The van der Waals surface area contributed by atoms with Crippen molar-refractivity contribution in [1.29, 1.82) is 0 Å². The zero-order valence-corrected chi connectivity index (χ0v) is 12.9. The van der Waals surface area contributed by atoms with E-state index in [1.54, 1.807) is 12.1 Å². The molecule has 1 aromatic carbocycles. The molecule has 2 heterocycles. The molecule has 0 radical (unpaired) electrons. The van der Waals surface area contributed by atoms with Crippen molar-refractivity contribution >= 4 is 28.4 Å². The first kappa shape index (κ1) is 14.6. The van der Waals surface area contributed by atoms with E-state index in [0.29, 0.717) is 35.6 Å². The number of carbonyl (C=O) groups is 1. The summed E-state index contributed by atoms with van der Waals surface area (Å²) in [6.07, 6.45) is -0.472. The van der Waals surface area contributed by atoms with Crippen molar-refractivity contribution in [2.75, 3.05) is 19.7 Å². The molecule has 2 aromatic rings. The van der Waals surface area contributed by atoms with E-state index in [1.165, 1.54) is 0 Å². The number of hydrogen-bond donors (Lipinski definition) is 0. The van der Waals surface area contributed by atoms with Crippen LogP contribution >= 0.6 is 11.6 Å². The maximum absolute atomic E-state index is 12.6. The van der Waals surface area contributed by atoms with E-state index < -0.39 is 6.10 Å². The summed E-state index contributed by atoms with van der Waals surface area (Å²) in [7, 11) is 0. The van der Waals surface area contributed by atoms with E-state index in [2.05, 4.69) is 18.7 Å². The number of halogens is 1. The largest absolute Gasteiger partial charge is 0.451 e. The van der Waals surface area contributed by atoms with Gasteiger partial charge in [0.15, 0.2) is 11.3 Å². The van der Waals surface area contributed by atoms with Gasteiger partial charge in [-0.15, -0.1) is 0 Å². The SMILES string of the molecule is CC(C)N1CCOC(C(=O)c2cc3cccc(Cl)c3o2)C1. The predicted molar refractivity (Wildman–Crippen MR) is 82.0 cm³/mol. The van der Waals surface area contributed by atoms with Crippen molar-refractivity contribution in [1.82, 2.24) is 4.90 Å². The second-order valence-electron chi connectivity index (χ2n) is 5.58. The molecule has 21 heavy (non-hydrogen) atoms. The first-order chi connectivity index (χ1) is 10.1. The summed E-state index contributed by atoms with van der Waals surface area (Å²) < 4.78 is 11.2. The third kappa shape index (κ3) is 2.84. The molecule has 0 saturated carbocycles. The van der Waals surface area contributed by atoms with Crippen LogP contribution in [0.1, 0.15) is 24.4 Å². The van der Waals surface area contributed by atoms with Crippen LogP contribution in [0.25, 0.3) is 11.0 Å². The molecule has 1 saturated heterocycles. The summed E-state index contributed by atoms with van der Waals surface area (Å²) in [5.74, 6) is 0.196. The second-order valence-corrected chi connectivity index (χ2v) is 5.99. The Morgan fingerprint density at radius 2 is 2.24 bits per heavy atom. The molecule has 0 spiro atoms. The highest BCUT2D eigenvalue weighted by Crippen LogP contribution is 2.27. The Bertz CT molecular complexity index is 665. The number of carbonyl (C=O) groups excluding carboxylic acids is 1. The van der Waals surface area contributed by atoms with E-state index in [4.69, 9.17) is 20.8 Å². The van der Waals surface area contributed by atoms with Crippen molar-refractivity contribution < 1.29 is 13.9 Å². The fourth-order valence-corrected chi connectivity index (χ4v) is 2.82. The zero-order valence-electron chi connectivity index (χ0n) is 12.1. The molecule has 1 atom stereocenters. The van der Waals surface area contributed by atoms with Crippen LogP contribution in [0, 0.1) is 0 Å². The van der Waals surface area contributed by atoms with Crippen molar-refractivity contribution in [2.45, 2.75) is 26.0 Å². The Morgan fingerprint density at radius 3 is 2.95 bits per heavy atom. The number of para-hydroxylation sites is 1. The number of fused-ring (bicyclic) bond motifs is 1. The minimum Gasteiger partial charge on any atom is -0.451 e. The fraction of sp³-hybridized carbons (Fsp3) is 0.438. The van der Waals surface area contributed by atoms with E-state index in [9.17, 15) is 4.79 Å². The smallest absolute Gasteiger partial charge is 0.227 e. The number of Topliss-reactive ketones (excluding diaryl/α,β-unsaturated/α-hetero) is 1. The lowest BCUT2D eigenvalue weighted by Gasteiger charge is -2.34. The number of furan rings is 1. The number of ether oxygens (including phenoxy) is 1. The topological polar surface area (TPSA) is 42.7 Å². The number of ketones is 1. The standard InChI is InChI=1S/C16H18ClNO3/c1-10(2)18-6-7-20-14(9-18)15(19)13-8-11-4-3-5-12(17)16(11)21-13/h3-5,8,10,14H,6-7,9H2,1-2H3. The minimum atomic E-state index is -0.472. The van der Waals surface area contributed by atoms with Crippen LogP contribution in [-0.2, 0) is 4.74 Å². The summed E-state index contributed by atoms with van der Waals surface area (Å²) in [5, 5.41) is 1.35. The van der Waals surface area contributed by atoms with Crippen LogP contribution in [0.5, 0.6) is 0 Å². The molecular weight excluding hydrogens is 290 g/mol. The van der Waals surface area contributed by atoms with Gasteiger partial charge in [-0.05, 0) is 26.0 Å². The van der Waals surface area contributed by atoms with Gasteiger partial charge in [-0.2, -0.15) is 0 Å². The lowest BCUT2D eigenvalue weighted by atomic mass is 10.1. The van der Waals surface area contributed by atoms with E-state index >= 15 is 0 Å². The molecule has 1 fully saturated rings. The molecule has 1 aliphatic rings. The van der Waals surface area contributed by atoms with Crippen LogP contribution in [-0.4, -0.2) is 42.5 Å². The van der Waals surface area contributed by atoms with E-state index in [0.717, 1.165) is 11.9 Å². The molecule has 0 amide bonds. The predicted octanol–water partition coefficient (Wildman–Crippen LogP) is 3.38. The summed E-state index contributed by atoms with van der Waals surface area (Å²) in [4.78, 5) is 14.8. The average Bonchev–Trinajstić information content (AvgIpc) is 2.92. The van der Waals surface area contributed by atoms with Crippen molar-refractivity contribution in [3.8, 4) is 0 Å². The summed E-state index contributed by atoms with van der Waals surface area (Å²) >= 11 is 6.08. The molecule has 5 heteroatoms. The van der Waals surface area contributed by atoms with Gasteiger partial charge in [-0.1, -0.05) is 23.7 Å². The molecule has 3 rings (SSSR count). The second kappa shape index (κ2) is 5.79. The van der Waals surface area contributed by atoms with E-state index in [1.807, 2.05) is 12.1 Å². The van der Waals surface area contributed by atoms with Crippen molar-refractivity contribution in [3.63, 3.8) is 0 Å². The molecule has 1 aromatic heterocycles. The number of morpholine rings is 1. The van der Waals surface area contributed by atoms with Crippen LogP contribution in [0.15, 0.2) is 28.7 Å². The van der Waals surface area contributed by atoms with Gasteiger partial charge in [0.2, 0.25) is 5.78 Å². The van der Waals surface area contributed by atoms with Crippen LogP contribution in [0.4, 0.5) is 0 Å². The summed E-state index contributed by atoms with van der Waals surface area (Å²) in [6.45, 7) is 6.26. The van der Waals surface area contributed by atoms with Gasteiger partial charge in [0.05, 0.1) is 11.6 Å². The maximum Gasteiger partial charge on any atom is 0.227 e. The third-order valence-electron chi connectivity index (χ3n) is 3.86. The molecular formula is C16H18ClNO3. The Labute approximate surface area is 128 Å². The highest BCUT2D eigenvalue weighted by atomic mass is 35.5. The Kier molecular flexibility index (Phi) is 4.02. The van der Waals surface area contributed by atoms with Crippen LogP contribution < -0.4 is 0 Å². The van der Waals surface area contributed by atoms with Crippen molar-refractivity contribution in [3.05, 3.63) is 35.0 Å². The molecule has 1 unspecified atom stereocenters. The zero-order chi connectivity index (χ0) is 15.0. The molecule has 112 valence electrons. The summed E-state index contributed by atoms with van der Waals surface area (Å²) in [5.41, 5.74) is 0.555.